The van der Waals surface area contributed by atoms with Crippen LogP contribution in [0.4, 0.5) is 8.78 Å². The van der Waals surface area contributed by atoms with Gasteiger partial charge < -0.3 is 4.74 Å². The van der Waals surface area contributed by atoms with Gasteiger partial charge in [0.1, 0.15) is 11.4 Å². The summed E-state index contributed by atoms with van der Waals surface area (Å²) in [6, 6.07) is 0. The van der Waals surface area contributed by atoms with Crippen molar-refractivity contribution in [2.75, 3.05) is 0 Å². The topological polar surface area (TPSA) is 18.5 Å². The molecule has 1 saturated heterocycles. The zero-order valence-corrected chi connectivity index (χ0v) is 7.43. The maximum Gasteiger partial charge on any atom is 0.536 e. The number of ether oxygens (including phenoxy) is 2. The highest BCUT2D eigenvalue weighted by Crippen LogP contribution is 2.45. The minimum atomic E-state index is -3.47. The summed E-state index contributed by atoms with van der Waals surface area (Å²) in [5.41, 5.74) is -0.0583. The normalized spacial score (nSPS) is 36.0. The Kier molecular flexibility index (Phi) is 1.55. The Hall–Kier alpha value is -0.900. The summed E-state index contributed by atoms with van der Waals surface area (Å²) in [6.45, 7) is 3.44. The molecule has 4 heteroatoms. The first-order valence-electron chi connectivity index (χ1n) is 4.07. The van der Waals surface area contributed by atoms with Gasteiger partial charge in [-0.1, -0.05) is 11.6 Å². The van der Waals surface area contributed by atoms with Gasteiger partial charge in [0.25, 0.3) is 0 Å². The van der Waals surface area contributed by atoms with Crippen molar-refractivity contribution in [1.29, 1.82) is 0 Å². The van der Waals surface area contributed by atoms with E-state index in [9.17, 15) is 8.78 Å². The van der Waals surface area contributed by atoms with Gasteiger partial charge in [0.05, 0.1) is 0 Å². The van der Waals surface area contributed by atoms with Crippen molar-refractivity contribution in [3.8, 4) is 0 Å². The van der Waals surface area contributed by atoms with Gasteiger partial charge in [0, 0.05) is 6.42 Å². The molecule has 2 rings (SSSR count). The number of hydrogen-bond acceptors (Lipinski definition) is 2. The molecular weight excluding hydrogens is 178 g/mol. The summed E-state index contributed by atoms with van der Waals surface area (Å²) in [7, 11) is 0. The van der Waals surface area contributed by atoms with Crippen molar-refractivity contribution in [2.45, 2.75) is 32.2 Å². The van der Waals surface area contributed by atoms with Crippen LogP contribution in [0.3, 0.4) is 0 Å². The van der Waals surface area contributed by atoms with Crippen molar-refractivity contribution in [2.24, 2.45) is 0 Å². The van der Waals surface area contributed by atoms with E-state index in [0.29, 0.717) is 6.42 Å². The molecule has 0 N–H and O–H groups in total. The van der Waals surface area contributed by atoms with E-state index < -0.39 is 11.9 Å². The van der Waals surface area contributed by atoms with Crippen molar-refractivity contribution in [3.63, 3.8) is 0 Å². The number of allylic oxidation sites excluding steroid dienone is 2. The Bertz CT molecular complexity index is 307. The molecule has 0 spiro atoms. The van der Waals surface area contributed by atoms with E-state index in [2.05, 4.69) is 9.47 Å². The van der Waals surface area contributed by atoms with Crippen molar-refractivity contribution in [3.05, 3.63) is 23.5 Å². The van der Waals surface area contributed by atoms with Crippen LogP contribution in [0, 0.1) is 0 Å². The fourth-order valence-corrected chi connectivity index (χ4v) is 1.52. The Balaban J connectivity index is 2.34. The molecule has 13 heavy (non-hydrogen) atoms. The van der Waals surface area contributed by atoms with Crippen LogP contribution in [0.15, 0.2) is 23.5 Å². The molecule has 1 fully saturated rings. The van der Waals surface area contributed by atoms with Gasteiger partial charge in [-0.25, -0.2) is 0 Å². The smallest absolute Gasteiger partial charge is 0.411 e. The molecule has 1 aliphatic carbocycles. The van der Waals surface area contributed by atoms with Gasteiger partial charge in [0.2, 0.25) is 0 Å². The largest absolute Gasteiger partial charge is 0.536 e. The molecular formula is C9H10F2O2. The third-order valence-corrected chi connectivity index (χ3v) is 2.27. The quantitative estimate of drug-likeness (QED) is 0.581. The van der Waals surface area contributed by atoms with Crippen LogP contribution in [0.25, 0.3) is 0 Å². The molecule has 0 aromatic heterocycles. The van der Waals surface area contributed by atoms with Crippen LogP contribution in [0.1, 0.15) is 20.3 Å². The Morgan fingerprint density at radius 1 is 1.46 bits per heavy atom. The third-order valence-electron chi connectivity index (χ3n) is 2.27. The van der Waals surface area contributed by atoms with E-state index in [4.69, 9.17) is 0 Å². The summed E-state index contributed by atoms with van der Waals surface area (Å²) >= 11 is 0. The zero-order valence-electron chi connectivity index (χ0n) is 7.43. The van der Waals surface area contributed by atoms with Gasteiger partial charge in [0.15, 0.2) is 0 Å². The predicted octanol–water partition coefficient (Wildman–Crippen LogP) is 2.58. The van der Waals surface area contributed by atoms with E-state index in [1.165, 1.54) is 0 Å². The Morgan fingerprint density at radius 3 is 2.85 bits per heavy atom. The number of fused-ring (bicyclic) bond motifs is 1. The highest BCUT2D eigenvalue weighted by atomic mass is 19.3. The Morgan fingerprint density at radius 2 is 2.15 bits per heavy atom. The van der Waals surface area contributed by atoms with E-state index in [1.54, 1.807) is 13.0 Å². The van der Waals surface area contributed by atoms with Crippen molar-refractivity contribution in [1.82, 2.24) is 0 Å². The van der Waals surface area contributed by atoms with Crippen molar-refractivity contribution < 1.29 is 18.3 Å². The van der Waals surface area contributed by atoms with Crippen LogP contribution >= 0.6 is 0 Å². The molecule has 0 saturated carbocycles. The van der Waals surface area contributed by atoms with Gasteiger partial charge >= 0.3 is 6.29 Å². The lowest BCUT2D eigenvalue weighted by Gasteiger charge is -2.22. The molecule has 0 amide bonds. The molecule has 72 valence electrons. The monoisotopic (exact) mass is 188 g/mol. The van der Waals surface area contributed by atoms with Gasteiger partial charge in [-0.15, -0.1) is 8.78 Å². The highest BCUT2D eigenvalue weighted by Gasteiger charge is 2.54. The van der Waals surface area contributed by atoms with Crippen molar-refractivity contribution >= 4 is 0 Å². The minimum Gasteiger partial charge on any atom is -0.411 e. The third kappa shape index (κ3) is 1.35. The van der Waals surface area contributed by atoms with Gasteiger partial charge in [-0.3, -0.25) is 4.74 Å². The molecule has 2 aliphatic rings. The van der Waals surface area contributed by atoms with Crippen LogP contribution < -0.4 is 0 Å². The zero-order chi connectivity index (χ0) is 9.69. The fraction of sp³-hybridized carbons (Fsp3) is 0.556. The second kappa shape index (κ2) is 2.32. The predicted molar refractivity (Wildman–Crippen MR) is 42.0 cm³/mol. The molecule has 0 aromatic rings. The molecule has 1 unspecified atom stereocenters. The maximum absolute atomic E-state index is 12.7. The number of alkyl halides is 2. The van der Waals surface area contributed by atoms with Crippen LogP contribution in [0.5, 0.6) is 0 Å². The first-order valence-corrected chi connectivity index (χ1v) is 4.07. The van der Waals surface area contributed by atoms with E-state index >= 15 is 0 Å². The average Bonchev–Trinajstić information content (AvgIpc) is 2.18. The first-order chi connectivity index (χ1) is 5.91. The number of hydrogen-bond donors (Lipinski definition) is 0. The molecule has 1 aliphatic heterocycles. The molecule has 0 bridgehead atoms. The highest BCUT2D eigenvalue weighted by molar-refractivity contribution is 5.31. The van der Waals surface area contributed by atoms with Gasteiger partial charge in [-0.2, -0.15) is 0 Å². The van der Waals surface area contributed by atoms with E-state index in [1.807, 2.05) is 13.0 Å². The standard InChI is InChI=1S/C9H10F2O2/c1-6-3-4-8(2)7(5-6)12-9(10,11)13-8/h3,5H,4H2,1-2H3. The average molecular weight is 188 g/mol. The number of rotatable bonds is 0. The summed E-state index contributed by atoms with van der Waals surface area (Å²) < 4.78 is 34.3. The van der Waals surface area contributed by atoms with E-state index in [0.717, 1.165) is 5.57 Å². The minimum absolute atomic E-state index is 0.220. The first kappa shape index (κ1) is 8.69. The van der Waals surface area contributed by atoms with Gasteiger partial charge in [-0.05, 0) is 19.9 Å². The van der Waals surface area contributed by atoms with Crippen LogP contribution in [0.2, 0.25) is 0 Å². The lowest BCUT2D eigenvalue weighted by molar-refractivity contribution is -0.351. The lowest BCUT2D eigenvalue weighted by atomic mass is 9.92. The fourth-order valence-electron chi connectivity index (χ4n) is 1.52. The lowest BCUT2D eigenvalue weighted by Crippen LogP contribution is -2.29. The molecule has 0 radical (unpaired) electrons. The molecule has 1 atom stereocenters. The summed E-state index contributed by atoms with van der Waals surface area (Å²) in [4.78, 5) is 0. The van der Waals surface area contributed by atoms with Crippen LogP contribution in [-0.2, 0) is 9.47 Å². The summed E-state index contributed by atoms with van der Waals surface area (Å²) in [6.07, 6.45) is 0.401. The maximum atomic E-state index is 12.7. The van der Waals surface area contributed by atoms with E-state index in [-0.39, 0.29) is 5.76 Å². The Labute approximate surface area is 74.8 Å². The SMILES string of the molecule is CC1=CCC2(C)OC(F)(F)OC2=C1. The number of halogens is 2. The summed E-state index contributed by atoms with van der Waals surface area (Å²) in [5, 5.41) is 0. The summed E-state index contributed by atoms with van der Waals surface area (Å²) in [5.74, 6) is 0.220. The second-order valence-corrected chi connectivity index (χ2v) is 3.56. The second-order valence-electron chi connectivity index (χ2n) is 3.56. The molecule has 1 heterocycles. The molecule has 2 nitrogen and oxygen atoms in total. The molecule has 0 aromatic carbocycles. The van der Waals surface area contributed by atoms with Crippen LogP contribution in [-0.4, -0.2) is 11.9 Å².